The molecule has 0 spiro atoms. The number of allylic oxidation sites excluding steroid dienone is 2. The molecule has 4 unspecified atom stereocenters. The van der Waals surface area contributed by atoms with E-state index in [-0.39, 0.29) is 52.9 Å². The molecule has 8 heteroatoms. The van der Waals surface area contributed by atoms with Gasteiger partial charge >= 0.3 is 0 Å². The molecule has 8 nitrogen and oxygen atoms in total. The summed E-state index contributed by atoms with van der Waals surface area (Å²) < 4.78 is 5.79. The second-order valence-corrected chi connectivity index (χ2v) is 6.70. The molecular formula is C16H19N3O5. The Morgan fingerprint density at radius 1 is 1.42 bits per heavy atom. The summed E-state index contributed by atoms with van der Waals surface area (Å²) in [7, 11) is 1.48. The summed E-state index contributed by atoms with van der Waals surface area (Å²) in [5.74, 6) is -1.55. The molecule has 2 saturated heterocycles. The highest BCUT2D eigenvalue weighted by Crippen LogP contribution is 2.59. The van der Waals surface area contributed by atoms with Crippen LogP contribution in [0.5, 0.6) is 0 Å². The molecule has 0 saturated carbocycles. The van der Waals surface area contributed by atoms with Crippen molar-refractivity contribution in [3.63, 3.8) is 0 Å². The van der Waals surface area contributed by atoms with Crippen LogP contribution in [0.2, 0.25) is 0 Å². The average molecular weight is 333 g/mol. The predicted octanol–water partition coefficient (Wildman–Crippen LogP) is -1.50. The molecule has 4 atom stereocenters. The van der Waals surface area contributed by atoms with Crippen LogP contribution in [0.15, 0.2) is 22.5 Å². The summed E-state index contributed by atoms with van der Waals surface area (Å²) in [5, 5.41) is 10.0. The van der Waals surface area contributed by atoms with E-state index in [1.54, 1.807) is 9.80 Å². The largest absolute Gasteiger partial charge is 0.396 e. The van der Waals surface area contributed by atoms with Crippen molar-refractivity contribution in [3.8, 4) is 0 Å². The maximum atomic E-state index is 12.8. The molecule has 128 valence electrons. The summed E-state index contributed by atoms with van der Waals surface area (Å²) in [4.78, 5) is 40.7. The zero-order valence-electron chi connectivity index (χ0n) is 13.7. The number of ketones is 2. The van der Waals surface area contributed by atoms with Crippen LogP contribution < -0.4 is 5.73 Å². The first kappa shape index (κ1) is 15.3. The van der Waals surface area contributed by atoms with E-state index in [4.69, 9.17) is 10.5 Å². The Morgan fingerprint density at radius 3 is 2.62 bits per heavy atom. The summed E-state index contributed by atoms with van der Waals surface area (Å²) in [6, 6.07) is -0.359. The lowest BCUT2D eigenvalue weighted by Gasteiger charge is -2.40. The number of aliphatic hydroxyl groups excluding tert-OH is 1. The SMILES string of the molecule is COC12C(CO)C3=C(C(=O)C(C)=C(N)C3=O)N1CC1C2N1C(C)=O. The lowest BCUT2D eigenvalue weighted by atomic mass is 9.82. The fourth-order valence-electron chi connectivity index (χ4n) is 4.76. The molecule has 0 aromatic carbocycles. The highest BCUT2D eigenvalue weighted by Gasteiger charge is 2.76. The molecule has 4 rings (SSSR count). The van der Waals surface area contributed by atoms with E-state index in [0.29, 0.717) is 6.54 Å². The van der Waals surface area contributed by atoms with E-state index in [2.05, 4.69) is 0 Å². The third-order valence-electron chi connectivity index (χ3n) is 5.84. The fourth-order valence-corrected chi connectivity index (χ4v) is 4.76. The van der Waals surface area contributed by atoms with Crippen LogP contribution in [0.3, 0.4) is 0 Å². The van der Waals surface area contributed by atoms with Crippen molar-refractivity contribution >= 4 is 17.5 Å². The number of carbonyl (C=O) groups is 3. The van der Waals surface area contributed by atoms with Crippen LogP contribution in [-0.2, 0) is 19.1 Å². The number of hydrogen-bond acceptors (Lipinski definition) is 7. The van der Waals surface area contributed by atoms with Gasteiger partial charge in [0.05, 0.1) is 30.0 Å². The standard InChI is InChI=1S/C16H19N3O5/c1-6-11(17)14(23)10-8(5-20)16(24-3)15-9(19(15)7(2)21)4-18(16)12(10)13(6)22/h8-9,15,20H,4-5,17H2,1-3H3. The number of ether oxygens (including phenoxy) is 1. The predicted molar refractivity (Wildman–Crippen MR) is 81.0 cm³/mol. The van der Waals surface area contributed by atoms with Crippen LogP contribution in [0, 0.1) is 5.92 Å². The zero-order chi connectivity index (χ0) is 17.5. The van der Waals surface area contributed by atoms with E-state index in [0.717, 1.165) is 0 Å². The van der Waals surface area contributed by atoms with Gasteiger partial charge in [0, 0.05) is 31.7 Å². The van der Waals surface area contributed by atoms with Gasteiger partial charge in [0.1, 0.15) is 6.04 Å². The quantitative estimate of drug-likeness (QED) is 0.467. The maximum Gasteiger partial charge on any atom is 0.220 e. The Hall–Kier alpha value is -2.19. The van der Waals surface area contributed by atoms with Gasteiger partial charge in [-0.05, 0) is 6.92 Å². The summed E-state index contributed by atoms with van der Waals surface area (Å²) in [6.45, 7) is 3.03. The van der Waals surface area contributed by atoms with E-state index in [1.165, 1.54) is 21.0 Å². The molecule has 1 aliphatic carbocycles. The minimum absolute atomic E-state index is 0.0722. The molecule has 3 aliphatic heterocycles. The number of carbonyl (C=O) groups excluding carboxylic acids is 3. The van der Waals surface area contributed by atoms with Gasteiger partial charge in [-0.25, -0.2) is 0 Å². The van der Waals surface area contributed by atoms with Crippen LogP contribution >= 0.6 is 0 Å². The third kappa shape index (κ3) is 1.40. The number of methoxy groups -OCH3 is 1. The monoisotopic (exact) mass is 333 g/mol. The zero-order valence-corrected chi connectivity index (χ0v) is 13.7. The Kier molecular flexibility index (Phi) is 2.85. The number of Topliss-reactive ketones (excluding diaryl/α,β-unsaturated/α-hetero) is 2. The number of hydrogen-bond donors (Lipinski definition) is 2. The van der Waals surface area contributed by atoms with Crippen molar-refractivity contribution in [2.24, 2.45) is 11.7 Å². The molecule has 24 heavy (non-hydrogen) atoms. The minimum atomic E-state index is -1.09. The molecule has 4 aliphatic rings. The van der Waals surface area contributed by atoms with Crippen LogP contribution in [0.1, 0.15) is 13.8 Å². The van der Waals surface area contributed by atoms with Gasteiger partial charge in [-0.15, -0.1) is 0 Å². The molecule has 0 radical (unpaired) electrons. The lowest BCUT2D eigenvalue weighted by Crippen LogP contribution is -2.55. The van der Waals surface area contributed by atoms with Crippen LogP contribution in [0.4, 0.5) is 0 Å². The van der Waals surface area contributed by atoms with Gasteiger partial charge in [-0.2, -0.15) is 0 Å². The molecular weight excluding hydrogens is 314 g/mol. The molecule has 2 fully saturated rings. The van der Waals surface area contributed by atoms with Crippen LogP contribution in [0.25, 0.3) is 0 Å². The Labute approximate surface area is 138 Å². The molecule has 1 amide bonds. The summed E-state index contributed by atoms with van der Waals surface area (Å²) >= 11 is 0. The third-order valence-corrected chi connectivity index (χ3v) is 5.84. The molecule has 3 heterocycles. The lowest BCUT2D eigenvalue weighted by molar-refractivity contribution is -0.152. The van der Waals surface area contributed by atoms with Crippen molar-refractivity contribution < 1.29 is 24.2 Å². The smallest absolute Gasteiger partial charge is 0.220 e. The Balaban J connectivity index is 1.87. The molecule has 3 N–H and O–H groups in total. The maximum absolute atomic E-state index is 12.8. The van der Waals surface area contributed by atoms with Crippen molar-refractivity contribution in [1.29, 1.82) is 0 Å². The first-order chi connectivity index (χ1) is 11.3. The van der Waals surface area contributed by atoms with Crippen molar-refractivity contribution in [2.45, 2.75) is 31.7 Å². The molecule has 0 bridgehead atoms. The number of aliphatic hydroxyl groups is 1. The number of nitrogens with zero attached hydrogens (tertiary/aromatic N) is 2. The molecule has 0 aromatic rings. The Morgan fingerprint density at radius 2 is 2.08 bits per heavy atom. The van der Waals surface area contributed by atoms with Gasteiger partial charge in [-0.3, -0.25) is 14.4 Å². The summed E-state index contributed by atoms with van der Waals surface area (Å²) in [5.41, 5.74) is 5.33. The van der Waals surface area contributed by atoms with Crippen LogP contribution in [-0.4, -0.2) is 70.5 Å². The second kappa shape index (κ2) is 4.46. The van der Waals surface area contributed by atoms with E-state index >= 15 is 0 Å². The Bertz CT molecular complexity index is 744. The minimum Gasteiger partial charge on any atom is -0.396 e. The first-order valence-corrected chi connectivity index (χ1v) is 7.85. The van der Waals surface area contributed by atoms with Gasteiger partial charge in [0.25, 0.3) is 0 Å². The van der Waals surface area contributed by atoms with Crippen molar-refractivity contribution in [2.75, 3.05) is 20.3 Å². The number of nitrogens with two attached hydrogens (primary N) is 1. The van der Waals surface area contributed by atoms with Gasteiger partial charge in [0.15, 0.2) is 5.72 Å². The number of fused-ring (bicyclic) bond motifs is 4. The summed E-state index contributed by atoms with van der Waals surface area (Å²) in [6.07, 6.45) is 0. The number of amides is 1. The van der Waals surface area contributed by atoms with E-state index in [9.17, 15) is 19.5 Å². The normalized spacial score (nSPS) is 37.1. The highest BCUT2D eigenvalue weighted by molar-refractivity contribution is 6.25. The average Bonchev–Trinajstić information content (AvgIpc) is 3.07. The van der Waals surface area contributed by atoms with Gasteiger partial charge in [0.2, 0.25) is 17.5 Å². The highest BCUT2D eigenvalue weighted by atomic mass is 16.5. The van der Waals surface area contributed by atoms with Crippen molar-refractivity contribution in [1.82, 2.24) is 9.80 Å². The number of piperazine rings is 1. The molecule has 0 aromatic heterocycles. The van der Waals surface area contributed by atoms with Gasteiger partial charge in [-0.1, -0.05) is 0 Å². The van der Waals surface area contributed by atoms with Gasteiger partial charge < -0.3 is 25.4 Å². The number of rotatable bonds is 2. The second-order valence-electron chi connectivity index (χ2n) is 6.70. The van der Waals surface area contributed by atoms with E-state index < -0.39 is 17.4 Å². The van der Waals surface area contributed by atoms with E-state index in [1.807, 2.05) is 0 Å². The first-order valence-electron chi connectivity index (χ1n) is 7.85. The fraction of sp³-hybridized carbons (Fsp3) is 0.562. The van der Waals surface area contributed by atoms with Crippen molar-refractivity contribution in [3.05, 3.63) is 22.5 Å². The topological polar surface area (TPSA) is 113 Å².